The highest BCUT2D eigenvalue weighted by atomic mass is 127. The number of amides is 2. The number of piperidine rings is 1. The Balaban J connectivity index is 0.00000338. The van der Waals surface area contributed by atoms with Gasteiger partial charge < -0.3 is 21.3 Å². The summed E-state index contributed by atoms with van der Waals surface area (Å²) < 4.78 is 26.6. The van der Waals surface area contributed by atoms with Crippen LogP contribution in [0.2, 0.25) is 0 Å². The Hall–Kier alpha value is -1.65. The van der Waals surface area contributed by atoms with Crippen molar-refractivity contribution >= 4 is 36.0 Å². The molecule has 0 spiro atoms. The molecule has 0 aliphatic carbocycles. The maximum absolute atomic E-state index is 13.6. The Morgan fingerprint density at radius 1 is 1.35 bits per heavy atom. The maximum Gasteiger partial charge on any atom is 0.314 e. The monoisotopic (exact) mass is 481 g/mol. The lowest BCUT2D eigenvalue weighted by Gasteiger charge is -2.32. The largest absolute Gasteiger partial charge is 0.357 e. The molecule has 0 saturated carbocycles. The zero-order valence-corrected chi connectivity index (χ0v) is 17.1. The van der Waals surface area contributed by atoms with Gasteiger partial charge in [0, 0.05) is 38.3 Å². The molecule has 0 unspecified atom stereocenters. The minimum absolute atomic E-state index is 0. The summed E-state index contributed by atoms with van der Waals surface area (Å²) in [5.41, 5.74) is 5.72. The van der Waals surface area contributed by atoms with Gasteiger partial charge in [0.05, 0.1) is 0 Å². The number of rotatable bonds is 5. The van der Waals surface area contributed by atoms with E-state index >= 15 is 0 Å². The molecule has 146 valence electrons. The number of benzene rings is 1. The van der Waals surface area contributed by atoms with Gasteiger partial charge in [0.15, 0.2) is 5.96 Å². The van der Waals surface area contributed by atoms with Crippen molar-refractivity contribution in [3.63, 3.8) is 0 Å². The summed E-state index contributed by atoms with van der Waals surface area (Å²) in [6.45, 7) is 4.29. The first-order valence-electron chi connectivity index (χ1n) is 8.52. The average Bonchev–Trinajstić information content (AvgIpc) is 2.57. The van der Waals surface area contributed by atoms with Crippen molar-refractivity contribution in [3.8, 4) is 0 Å². The first-order chi connectivity index (χ1) is 12.0. The zero-order chi connectivity index (χ0) is 18.2. The molecule has 2 rings (SSSR count). The lowest BCUT2D eigenvalue weighted by molar-refractivity contribution is 0.188. The molecular weight excluding hydrogens is 455 g/mol. The molecule has 0 radical (unpaired) electrons. The van der Waals surface area contributed by atoms with E-state index in [9.17, 15) is 13.6 Å². The van der Waals surface area contributed by atoms with E-state index in [1.54, 1.807) is 4.90 Å². The standard InChI is InChI=1S/C17H25F2N5O.HI/c1-2-21-17(23-14-6-9-24(10-7-14)16(20)25)22-8-5-12-3-4-13(18)11-15(12)19;/h3-4,11,14H,2,5-10H2,1H3,(H2,20,25)(H2,21,22,23);1H. The summed E-state index contributed by atoms with van der Waals surface area (Å²) >= 11 is 0. The van der Waals surface area contributed by atoms with Crippen molar-refractivity contribution < 1.29 is 13.6 Å². The topological polar surface area (TPSA) is 82.8 Å². The molecule has 26 heavy (non-hydrogen) atoms. The Labute approximate surface area is 169 Å². The fourth-order valence-corrected chi connectivity index (χ4v) is 2.77. The number of hydrogen-bond acceptors (Lipinski definition) is 2. The molecule has 1 aromatic carbocycles. The second kappa shape index (κ2) is 11.1. The van der Waals surface area contributed by atoms with E-state index in [2.05, 4.69) is 15.6 Å². The number of nitrogens with two attached hydrogens (primary N) is 1. The van der Waals surface area contributed by atoms with Crippen LogP contribution in [0, 0.1) is 11.6 Å². The normalized spacial score (nSPS) is 15.3. The molecule has 4 N–H and O–H groups in total. The molecule has 1 fully saturated rings. The minimum Gasteiger partial charge on any atom is -0.357 e. The van der Waals surface area contributed by atoms with Crippen LogP contribution in [0.3, 0.4) is 0 Å². The highest BCUT2D eigenvalue weighted by Crippen LogP contribution is 2.11. The predicted molar refractivity (Wildman–Crippen MR) is 109 cm³/mol. The highest BCUT2D eigenvalue weighted by molar-refractivity contribution is 14.0. The van der Waals surface area contributed by atoms with Gasteiger partial charge in [0.1, 0.15) is 11.6 Å². The summed E-state index contributed by atoms with van der Waals surface area (Å²) in [5, 5.41) is 6.49. The number of urea groups is 1. The SMILES string of the molecule is CCNC(=NCCc1ccc(F)cc1F)NC1CCN(C(N)=O)CC1.I. The molecular formula is C17H26F2IN5O. The van der Waals surface area contributed by atoms with Crippen LogP contribution in [0.25, 0.3) is 0 Å². The summed E-state index contributed by atoms with van der Waals surface area (Å²) in [6, 6.07) is 3.39. The molecule has 1 aliphatic rings. The van der Waals surface area contributed by atoms with Gasteiger partial charge in [0.25, 0.3) is 0 Å². The predicted octanol–water partition coefficient (Wildman–Crippen LogP) is 2.22. The van der Waals surface area contributed by atoms with Crippen molar-refractivity contribution in [2.24, 2.45) is 10.7 Å². The third kappa shape index (κ3) is 6.93. The smallest absolute Gasteiger partial charge is 0.314 e. The van der Waals surface area contributed by atoms with Crippen LogP contribution in [-0.2, 0) is 6.42 Å². The summed E-state index contributed by atoms with van der Waals surface area (Å²) in [4.78, 5) is 17.2. The fourth-order valence-electron chi connectivity index (χ4n) is 2.77. The zero-order valence-electron chi connectivity index (χ0n) is 14.8. The van der Waals surface area contributed by atoms with Gasteiger partial charge in [-0.2, -0.15) is 0 Å². The Morgan fingerprint density at radius 3 is 2.62 bits per heavy atom. The highest BCUT2D eigenvalue weighted by Gasteiger charge is 2.21. The first kappa shape index (κ1) is 22.4. The number of carbonyl (C=O) groups excluding carboxylic acids is 1. The first-order valence-corrected chi connectivity index (χ1v) is 8.52. The van der Waals surface area contributed by atoms with E-state index < -0.39 is 11.6 Å². The van der Waals surface area contributed by atoms with E-state index in [1.807, 2.05) is 6.92 Å². The number of likely N-dealkylation sites (tertiary alicyclic amines) is 1. The number of halogens is 3. The molecule has 0 atom stereocenters. The molecule has 0 bridgehead atoms. The van der Waals surface area contributed by atoms with Crippen molar-refractivity contribution in [3.05, 3.63) is 35.4 Å². The fraction of sp³-hybridized carbons (Fsp3) is 0.529. The van der Waals surface area contributed by atoms with Crippen molar-refractivity contribution in [2.75, 3.05) is 26.2 Å². The van der Waals surface area contributed by atoms with Crippen LogP contribution in [0.4, 0.5) is 13.6 Å². The van der Waals surface area contributed by atoms with Gasteiger partial charge >= 0.3 is 6.03 Å². The number of aliphatic imine (C=N–C) groups is 1. The third-order valence-corrected chi connectivity index (χ3v) is 4.16. The third-order valence-electron chi connectivity index (χ3n) is 4.16. The van der Waals surface area contributed by atoms with Gasteiger partial charge in [-0.25, -0.2) is 13.6 Å². The van der Waals surface area contributed by atoms with E-state index in [0.29, 0.717) is 44.1 Å². The number of primary amides is 1. The lowest BCUT2D eigenvalue weighted by Crippen LogP contribution is -2.50. The summed E-state index contributed by atoms with van der Waals surface area (Å²) in [5.74, 6) is -0.475. The van der Waals surface area contributed by atoms with Gasteiger partial charge in [-0.15, -0.1) is 24.0 Å². The Kier molecular flexibility index (Phi) is 9.60. The molecule has 1 aromatic rings. The van der Waals surface area contributed by atoms with Gasteiger partial charge in [-0.05, 0) is 37.8 Å². The van der Waals surface area contributed by atoms with Gasteiger partial charge in [-0.3, -0.25) is 4.99 Å². The van der Waals surface area contributed by atoms with Crippen LogP contribution in [-0.4, -0.2) is 49.1 Å². The van der Waals surface area contributed by atoms with E-state index in [4.69, 9.17) is 5.73 Å². The molecule has 1 saturated heterocycles. The van der Waals surface area contributed by atoms with Gasteiger partial charge in [-0.1, -0.05) is 6.07 Å². The minimum atomic E-state index is -0.581. The maximum atomic E-state index is 13.6. The molecule has 1 aliphatic heterocycles. The van der Waals surface area contributed by atoms with Crippen LogP contribution >= 0.6 is 24.0 Å². The molecule has 0 aromatic heterocycles. The van der Waals surface area contributed by atoms with E-state index in [-0.39, 0.29) is 36.0 Å². The van der Waals surface area contributed by atoms with Crippen molar-refractivity contribution in [2.45, 2.75) is 32.2 Å². The Bertz CT molecular complexity index is 621. The molecule has 9 heteroatoms. The number of hydrogen-bond donors (Lipinski definition) is 3. The summed E-state index contributed by atoms with van der Waals surface area (Å²) in [6.07, 6.45) is 1.97. The summed E-state index contributed by atoms with van der Waals surface area (Å²) in [7, 11) is 0. The quantitative estimate of drug-likeness (QED) is 0.343. The van der Waals surface area contributed by atoms with E-state index in [0.717, 1.165) is 18.9 Å². The van der Waals surface area contributed by atoms with Crippen LogP contribution in [0.15, 0.2) is 23.2 Å². The number of guanidine groups is 1. The lowest BCUT2D eigenvalue weighted by atomic mass is 10.1. The molecule has 1 heterocycles. The van der Waals surface area contributed by atoms with Crippen LogP contribution < -0.4 is 16.4 Å². The Morgan fingerprint density at radius 2 is 2.04 bits per heavy atom. The van der Waals surface area contributed by atoms with Crippen LogP contribution in [0.1, 0.15) is 25.3 Å². The van der Waals surface area contributed by atoms with Crippen molar-refractivity contribution in [1.29, 1.82) is 0 Å². The second-order valence-corrected chi connectivity index (χ2v) is 5.99. The van der Waals surface area contributed by atoms with Crippen molar-refractivity contribution in [1.82, 2.24) is 15.5 Å². The number of carbonyl (C=O) groups is 1. The number of nitrogens with one attached hydrogen (secondary N) is 2. The second-order valence-electron chi connectivity index (χ2n) is 5.99. The number of nitrogens with zero attached hydrogens (tertiary/aromatic N) is 2. The molecule has 2 amide bonds. The molecule has 6 nitrogen and oxygen atoms in total. The van der Waals surface area contributed by atoms with E-state index in [1.165, 1.54) is 12.1 Å². The van der Waals surface area contributed by atoms with Gasteiger partial charge in [0.2, 0.25) is 0 Å². The van der Waals surface area contributed by atoms with Crippen LogP contribution in [0.5, 0.6) is 0 Å². The average molecular weight is 481 g/mol.